The molecule has 0 aromatic rings. The van der Waals surface area contributed by atoms with Crippen molar-refractivity contribution in [3.63, 3.8) is 0 Å². The van der Waals surface area contributed by atoms with E-state index in [0.29, 0.717) is 6.61 Å². The third-order valence-electron chi connectivity index (χ3n) is 0.962. The molecule has 0 rings (SSSR count). The summed E-state index contributed by atoms with van der Waals surface area (Å²) < 4.78 is 5.16. The lowest BCUT2D eigenvalue weighted by molar-refractivity contribution is -0.126. The molecule has 0 aliphatic heterocycles. The molecule has 0 saturated heterocycles. The smallest absolute Gasteiger partial charge is 0.151 e. The second kappa shape index (κ2) is 3.62. The van der Waals surface area contributed by atoms with Crippen molar-refractivity contribution in [3.8, 4) is 0 Å². The predicted octanol–water partition coefficient (Wildman–Crippen LogP) is 1.39. The zero-order chi connectivity index (χ0) is 7.33. The summed E-state index contributed by atoms with van der Waals surface area (Å²) in [5.41, 5.74) is -0.587. The van der Waals surface area contributed by atoms with Gasteiger partial charge in [0.15, 0.2) is 6.29 Å². The van der Waals surface area contributed by atoms with E-state index in [1.807, 2.05) is 6.92 Å². The molecule has 0 unspecified atom stereocenters. The molecule has 0 aromatic heterocycles. The average Bonchev–Trinajstić information content (AvgIpc) is 1.84. The highest BCUT2D eigenvalue weighted by Crippen LogP contribution is 2.04. The van der Waals surface area contributed by atoms with Crippen LogP contribution < -0.4 is 0 Å². The number of hydrogen-bond donors (Lipinski definition) is 0. The molecule has 2 nitrogen and oxygen atoms in total. The van der Waals surface area contributed by atoms with Gasteiger partial charge in [0, 0.05) is 6.61 Å². The Morgan fingerprint density at radius 3 is 2.44 bits per heavy atom. The molecule has 0 amide bonds. The van der Waals surface area contributed by atoms with E-state index in [1.54, 1.807) is 13.8 Å². The molecule has 0 saturated carbocycles. The zero-order valence-electron chi connectivity index (χ0n) is 6.31. The Kier molecular flexibility index (Phi) is 3.47. The third kappa shape index (κ3) is 4.15. The SMILES string of the molecule is CCCOC(C)(C)C=O. The van der Waals surface area contributed by atoms with Gasteiger partial charge in [-0.1, -0.05) is 6.92 Å². The first-order chi connectivity index (χ1) is 4.12. The number of carbonyl (C=O) groups excluding carboxylic acids is 1. The van der Waals surface area contributed by atoms with E-state index >= 15 is 0 Å². The van der Waals surface area contributed by atoms with E-state index in [0.717, 1.165) is 12.7 Å². The van der Waals surface area contributed by atoms with Crippen molar-refractivity contribution < 1.29 is 9.53 Å². The number of aldehydes is 1. The van der Waals surface area contributed by atoms with Crippen LogP contribution in [0.2, 0.25) is 0 Å². The lowest BCUT2D eigenvalue weighted by Crippen LogP contribution is -2.26. The third-order valence-corrected chi connectivity index (χ3v) is 0.962. The van der Waals surface area contributed by atoms with Crippen LogP contribution in [-0.2, 0) is 9.53 Å². The van der Waals surface area contributed by atoms with E-state index < -0.39 is 5.60 Å². The van der Waals surface area contributed by atoms with E-state index in [9.17, 15) is 4.79 Å². The van der Waals surface area contributed by atoms with Crippen molar-refractivity contribution in [2.24, 2.45) is 0 Å². The summed E-state index contributed by atoms with van der Waals surface area (Å²) in [5.74, 6) is 0. The van der Waals surface area contributed by atoms with Crippen LogP contribution in [0.15, 0.2) is 0 Å². The van der Waals surface area contributed by atoms with Crippen molar-refractivity contribution in [3.05, 3.63) is 0 Å². The summed E-state index contributed by atoms with van der Waals surface area (Å²) in [7, 11) is 0. The lowest BCUT2D eigenvalue weighted by Gasteiger charge is -2.16. The highest BCUT2D eigenvalue weighted by molar-refractivity contribution is 5.60. The van der Waals surface area contributed by atoms with Gasteiger partial charge in [0.1, 0.15) is 5.60 Å². The zero-order valence-corrected chi connectivity index (χ0v) is 6.31. The Labute approximate surface area is 56.2 Å². The summed E-state index contributed by atoms with van der Waals surface area (Å²) in [4.78, 5) is 10.2. The van der Waals surface area contributed by atoms with Gasteiger partial charge >= 0.3 is 0 Å². The van der Waals surface area contributed by atoms with Gasteiger partial charge in [-0.25, -0.2) is 0 Å². The molecule has 0 aliphatic rings. The minimum Gasteiger partial charge on any atom is -0.368 e. The first-order valence-electron chi connectivity index (χ1n) is 3.22. The summed E-state index contributed by atoms with van der Waals surface area (Å²) in [6.07, 6.45) is 1.78. The molecule has 9 heavy (non-hydrogen) atoms. The molecule has 0 radical (unpaired) electrons. The van der Waals surface area contributed by atoms with Gasteiger partial charge in [-0.3, -0.25) is 0 Å². The van der Waals surface area contributed by atoms with E-state index in [1.165, 1.54) is 0 Å². The predicted molar refractivity (Wildman–Crippen MR) is 36.4 cm³/mol. The lowest BCUT2D eigenvalue weighted by atomic mass is 10.2. The molecule has 0 N–H and O–H groups in total. The van der Waals surface area contributed by atoms with Crippen molar-refractivity contribution >= 4 is 6.29 Å². The first-order valence-corrected chi connectivity index (χ1v) is 3.22. The minimum atomic E-state index is -0.587. The highest BCUT2D eigenvalue weighted by atomic mass is 16.5. The molecule has 0 bridgehead atoms. The van der Waals surface area contributed by atoms with E-state index in [4.69, 9.17) is 4.74 Å². The molecule has 54 valence electrons. The normalized spacial score (nSPS) is 11.4. The largest absolute Gasteiger partial charge is 0.368 e. The van der Waals surface area contributed by atoms with Crippen molar-refractivity contribution in [1.29, 1.82) is 0 Å². The number of carbonyl (C=O) groups is 1. The van der Waals surface area contributed by atoms with Gasteiger partial charge in [0.2, 0.25) is 0 Å². The Morgan fingerprint density at radius 1 is 1.56 bits per heavy atom. The Morgan fingerprint density at radius 2 is 2.11 bits per heavy atom. The molecular weight excluding hydrogens is 116 g/mol. The standard InChI is InChI=1S/C7H14O2/c1-4-5-9-7(2,3)6-8/h6H,4-5H2,1-3H3. The monoisotopic (exact) mass is 130 g/mol. The van der Waals surface area contributed by atoms with Gasteiger partial charge < -0.3 is 9.53 Å². The minimum absolute atomic E-state index is 0.587. The van der Waals surface area contributed by atoms with Gasteiger partial charge in [-0.2, -0.15) is 0 Å². The van der Waals surface area contributed by atoms with Crippen molar-refractivity contribution in [2.75, 3.05) is 6.61 Å². The fourth-order valence-corrected chi connectivity index (χ4v) is 0.399. The average molecular weight is 130 g/mol. The van der Waals surface area contributed by atoms with Gasteiger partial charge in [-0.05, 0) is 20.3 Å². The number of rotatable bonds is 4. The maximum atomic E-state index is 10.2. The molecule has 0 fully saturated rings. The summed E-state index contributed by atoms with van der Waals surface area (Å²) in [5, 5.41) is 0. The second-order valence-corrected chi connectivity index (χ2v) is 2.57. The van der Waals surface area contributed by atoms with Crippen LogP contribution >= 0.6 is 0 Å². The highest BCUT2D eigenvalue weighted by Gasteiger charge is 2.14. The fourth-order valence-electron chi connectivity index (χ4n) is 0.399. The number of hydrogen-bond acceptors (Lipinski definition) is 2. The first kappa shape index (κ1) is 8.63. The Hall–Kier alpha value is -0.370. The molecule has 0 spiro atoms. The van der Waals surface area contributed by atoms with Crippen LogP contribution in [0.4, 0.5) is 0 Å². The molecule has 2 heteroatoms. The van der Waals surface area contributed by atoms with Crippen molar-refractivity contribution in [2.45, 2.75) is 32.8 Å². The molecule has 0 heterocycles. The van der Waals surface area contributed by atoms with E-state index in [-0.39, 0.29) is 0 Å². The van der Waals surface area contributed by atoms with Crippen LogP contribution in [-0.4, -0.2) is 18.5 Å². The summed E-state index contributed by atoms with van der Waals surface area (Å²) >= 11 is 0. The molecule has 0 aromatic carbocycles. The molecule has 0 atom stereocenters. The van der Waals surface area contributed by atoms with Crippen LogP contribution in [0, 0.1) is 0 Å². The molecule has 0 aliphatic carbocycles. The van der Waals surface area contributed by atoms with E-state index in [2.05, 4.69) is 0 Å². The topological polar surface area (TPSA) is 26.3 Å². The fraction of sp³-hybridized carbons (Fsp3) is 0.857. The molecular formula is C7H14O2. The quantitative estimate of drug-likeness (QED) is 0.537. The maximum absolute atomic E-state index is 10.2. The van der Waals surface area contributed by atoms with Crippen LogP contribution in [0.1, 0.15) is 27.2 Å². The number of ether oxygens (including phenoxy) is 1. The Bertz CT molecular complexity index is 86.9. The van der Waals surface area contributed by atoms with Gasteiger partial charge in [0.05, 0.1) is 0 Å². The van der Waals surface area contributed by atoms with Gasteiger partial charge in [0.25, 0.3) is 0 Å². The Balaban J connectivity index is 3.45. The second-order valence-electron chi connectivity index (χ2n) is 2.57. The van der Waals surface area contributed by atoms with Crippen LogP contribution in [0.25, 0.3) is 0 Å². The van der Waals surface area contributed by atoms with Crippen molar-refractivity contribution in [1.82, 2.24) is 0 Å². The van der Waals surface area contributed by atoms with Crippen LogP contribution in [0.3, 0.4) is 0 Å². The van der Waals surface area contributed by atoms with Crippen LogP contribution in [0.5, 0.6) is 0 Å². The van der Waals surface area contributed by atoms with Gasteiger partial charge in [-0.15, -0.1) is 0 Å². The summed E-state index contributed by atoms with van der Waals surface area (Å²) in [6, 6.07) is 0. The summed E-state index contributed by atoms with van der Waals surface area (Å²) in [6.45, 7) is 6.19. The maximum Gasteiger partial charge on any atom is 0.151 e.